The third-order valence-electron chi connectivity index (χ3n) is 4.25. The van der Waals surface area contributed by atoms with Crippen molar-refractivity contribution in [3.8, 4) is 17.6 Å². The largest absolute Gasteiger partial charge is 0.495 e. The fourth-order valence-corrected chi connectivity index (χ4v) is 2.91. The second-order valence-corrected chi connectivity index (χ2v) is 6.54. The first kappa shape index (κ1) is 20.5. The van der Waals surface area contributed by atoms with E-state index in [-0.39, 0.29) is 23.0 Å². The van der Waals surface area contributed by atoms with E-state index in [9.17, 15) is 4.79 Å². The lowest BCUT2D eigenvalue weighted by atomic mass is 9.92. The monoisotopic (exact) mass is 388 g/mol. The lowest BCUT2D eigenvalue weighted by molar-refractivity contribution is -0.115. The van der Waals surface area contributed by atoms with Crippen LogP contribution < -0.4 is 14.8 Å². The van der Waals surface area contributed by atoms with Crippen molar-refractivity contribution >= 4 is 28.4 Å². The van der Waals surface area contributed by atoms with E-state index < -0.39 is 5.91 Å². The number of hydrogen-bond donors (Lipinski definition) is 3. The Bertz CT molecular complexity index is 793. The number of nitrogens with zero attached hydrogens (tertiary/aromatic N) is 1. The molecule has 2 rings (SSSR count). The summed E-state index contributed by atoms with van der Waals surface area (Å²) < 4.78 is 11.2. The molecule has 1 amide bonds. The van der Waals surface area contributed by atoms with E-state index >= 15 is 0 Å². The quantitative estimate of drug-likeness (QED) is 0.621. The Morgan fingerprint density at radius 2 is 2.00 bits per heavy atom. The first-order valence-corrected chi connectivity index (χ1v) is 8.87. The molecule has 1 aromatic carbocycles. The molecule has 8 heteroatoms. The second-order valence-electron chi connectivity index (χ2n) is 6.13. The number of amides is 1. The standard InChI is InChI=1S/C19H21ClN4O3/c1-26-17-10-15(5-2-12(17)11-21)27-14-6-3-13(4-7-14)24-19(25)16(22)8-9-18(20)23/h2,5,8-10,13-14,22-23H,3-4,6-7H2,1H3,(H,24,25)/b9-8-,22-16?,23-18?. The SMILES string of the molecule is COc1cc(OC2CCC(NC(=O)C(=N)/C=C\C(=N)Cl)CC2)ccc1C#N. The van der Waals surface area contributed by atoms with Crippen LogP contribution in [-0.4, -0.2) is 36.0 Å². The summed E-state index contributed by atoms with van der Waals surface area (Å²) in [7, 11) is 1.51. The van der Waals surface area contributed by atoms with E-state index in [4.69, 9.17) is 37.2 Å². The van der Waals surface area contributed by atoms with Gasteiger partial charge in [0.1, 0.15) is 28.5 Å². The topological polar surface area (TPSA) is 119 Å². The Hall–Kier alpha value is -2.85. The van der Waals surface area contributed by atoms with E-state index in [1.54, 1.807) is 18.2 Å². The number of carbonyl (C=O) groups is 1. The molecule has 1 fully saturated rings. The van der Waals surface area contributed by atoms with Crippen LogP contribution in [0.15, 0.2) is 30.4 Å². The number of nitriles is 1. The number of benzene rings is 1. The highest BCUT2D eigenvalue weighted by atomic mass is 35.5. The van der Waals surface area contributed by atoms with Crippen molar-refractivity contribution in [3.05, 3.63) is 35.9 Å². The molecule has 0 heterocycles. The number of allylic oxidation sites excluding steroid dienone is 1. The molecule has 0 unspecified atom stereocenters. The molecule has 1 aromatic rings. The van der Waals surface area contributed by atoms with Crippen LogP contribution in [0.4, 0.5) is 0 Å². The highest BCUT2D eigenvalue weighted by molar-refractivity contribution is 6.67. The maximum atomic E-state index is 12.0. The van der Waals surface area contributed by atoms with Gasteiger partial charge in [0.15, 0.2) is 0 Å². The van der Waals surface area contributed by atoms with Crippen LogP contribution >= 0.6 is 11.6 Å². The summed E-state index contributed by atoms with van der Waals surface area (Å²) in [5.41, 5.74) is 0.223. The molecule has 142 valence electrons. The summed E-state index contributed by atoms with van der Waals surface area (Å²) in [6, 6.07) is 7.16. The number of ether oxygens (including phenoxy) is 2. The van der Waals surface area contributed by atoms with Crippen molar-refractivity contribution < 1.29 is 14.3 Å². The molecule has 1 aliphatic rings. The minimum atomic E-state index is -0.481. The zero-order valence-corrected chi connectivity index (χ0v) is 15.7. The van der Waals surface area contributed by atoms with E-state index in [1.165, 1.54) is 19.3 Å². The Balaban J connectivity index is 1.83. The van der Waals surface area contributed by atoms with Crippen molar-refractivity contribution in [1.29, 1.82) is 16.1 Å². The molecular formula is C19H21ClN4O3. The van der Waals surface area contributed by atoms with Gasteiger partial charge in [0.25, 0.3) is 5.91 Å². The van der Waals surface area contributed by atoms with Crippen LogP contribution in [0.3, 0.4) is 0 Å². The fourth-order valence-electron chi connectivity index (χ4n) is 2.85. The molecule has 0 aliphatic heterocycles. The predicted octanol–water partition coefficient (Wildman–Crippen LogP) is 3.17. The molecule has 7 nitrogen and oxygen atoms in total. The number of rotatable bonds is 7. The van der Waals surface area contributed by atoms with Crippen molar-refractivity contribution in [1.82, 2.24) is 5.32 Å². The lowest BCUT2D eigenvalue weighted by Crippen LogP contribution is -2.42. The Labute approximate surface area is 162 Å². The van der Waals surface area contributed by atoms with Gasteiger partial charge < -0.3 is 14.8 Å². The van der Waals surface area contributed by atoms with Crippen LogP contribution in [0.2, 0.25) is 0 Å². The minimum Gasteiger partial charge on any atom is -0.495 e. The molecule has 0 radical (unpaired) electrons. The van der Waals surface area contributed by atoms with Gasteiger partial charge in [-0.25, -0.2) is 0 Å². The number of nitrogens with one attached hydrogen (secondary N) is 3. The number of methoxy groups -OCH3 is 1. The van der Waals surface area contributed by atoms with Crippen molar-refractivity contribution in [3.63, 3.8) is 0 Å². The molecule has 1 aliphatic carbocycles. The van der Waals surface area contributed by atoms with Gasteiger partial charge >= 0.3 is 0 Å². The van der Waals surface area contributed by atoms with E-state index in [0.29, 0.717) is 17.1 Å². The van der Waals surface area contributed by atoms with Gasteiger partial charge in [0.05, 0.1) is 18.8 Å². The van der Waals surface area contributed by atoms with Crippen LogP contribution in [0.1, 0.15) is 31.2 Å². The molecule has 0 bridgehead atoms. The molecule has 0 saturated heterocycles. The lowest BCUT2D eigenvalue weighted by Gasteiger charge is -2.29. The van der Waals surface area contributed by atoms with Gasteiger partial charge in [-0.2, -0.15) is 5.26 Å². The maximum Gasteiger partial charge on any atom is 0.269 e. The molecule has 1 saturated carbocycles. The molecule has 0 aromatic heterocycles. The molecule has 3 N–H and O–H groups in total. The normalized spacial score (nSPS) is 19.1. The van der Waals surface area contributed by atoms with Gasteiger partial charge in [0, 0.05) is 12.1 Å². The third kappa shape index (κ3) is 6.12. The Kier molecular flexibility index (Phi) is 7.38. The Morgan fingerprint density at radius 1 is 1.30 bits per heavy atom. The third-order valence-corrected chi connectivity index (χ3v) is 4.37. The summed E-state index contributed by atoms with van der Waals surface area (Å²) in [5.74, 6) is 0.645. The number of carbonyl (C=O) groups excluding carboxylic acids is 1. The van der Waals surface area contributed by atoms with Crippen LogP contribution in [-0.2, 0) is 4.79 Å². The van der Waals surface area contributed by atoms with Gasteiger partial charge in [-0.1, -0.05) is 11.6 Å². The van der Waals surface area contributed by atoms with Crippen molar-refractivity contribution in [2.24, 2.45) is 0 Å². The van der Waals surface area contributed by atoms with Gasteiger partial charge in [-0.3, -0.25) is 15.6 Å². The van der Waals surface area contributed by atoms with Crippen LogP contribution in [0.25, 0.3) is 0 Å². The number of halogens is 1. The van der Waals surface area contributed by atoms with Gasteiger partial charge in [0.2, 0.25) is 0 Å². The number of hydrogen-bond acceptors (Lipinski definition) is 6. The zero-order valence-electron chi connectivity index (χ0n) is 14.9. The zero-order chi connectivity index (χ0) is 19.8. The van der Waals surface area contributed by atoms with Crippen LogP contribution in [0, 0.1) is 22.1 Å². The molecule has 0 atom stereocenters. The summed E-state index contributed by atoms with van der Waals surface area (Å²) in [6.07, 6.45) is 5.44. The first-order valence-electron chi connectivity index (χ1n) is 8.49. The van der Waals surface area contributed by atoms with Gasteiger partial charge in [-0.05, 0) is 50.0 Å². The predicted molar refractivity (Wildman–Crippen MR) is 103 cm³/mol. The summed E-state index contributed by atoms with van der Waals surface area (Å²) in [4.78, 5) is 12.0. The average molecular weight is 389 g/mol. The highest BCUT2D eigenvalue weighted by Crippen LogP contribution is 2.28. The summed E-state index contributed by atoms with van der Waals surface area (Å²) >= 11 is 5.37. The molecular weight excluding hydrogens is 368 g/mol. The Morgan fingerprint density at radius 3 is 2.59 bits per heavy atom. The van der Waals surface area contributed by atoms with Gasteiger partial charge in [-0.15, -0.1) is 0 Å². The van der Waals surface area contributed by atoms with Crippen molar-refractivity contribution in [2.45, 2.75) is 37.8 Å². The highest BCUT2D eigenvalue weighted by Gasteiger charge is 2.24. The average Bonchev–Trinajstić information content (AvgIpc) is 2.67. The smallest absolute Gasteiger partial charge is 0.269 e. The molecule has 0 spiro atoms. The van der Waals surface area contributed by atoms with Crippen LogP contribution in [0.5, 0.6) is 11.5 Å². The fraction of sp³-hybridized carbons (Fsp3) is 0.368. The van der Waals surface area contributed by atoms with E-state index in [2.05, 4.69) is 11.4 Å². The minimum absolute atomic E-state index is 0.0166. The second kappa shape index (κ2) is 9.74. The molecule has 27 heavy (non-hydrogen) atoms. The van der Waals surface area contributed by atoms with Crippen molar-refractivity contribution in [2.75, 3.05) is 7.11 Å². The van der Waals surface area contributed by atoms with E-state index in [1.807, 2.05) is 0 Å². The van der Waals surface area contributed by atoms with E-state index in [0.717, 1.165) is 25.7 Å². The maximum absolute atomic E-state index is 12.0. The summed E-state index contributed by atoms with van der Waals surface area (Å²) in [6.45, 7) is 0. The summed E-state index contributed by atoms with van der Waals surface area (Å²) in [5, 5.41) is 26.3. The first-order chi connectivity index (χ1) is 12.9.